The smallest absolute Gasteiger partial charge is 0.141 e. The summed E-state index contributed by atoms with van der Waals surface area (Å²) in [4.78, 5) is 0. The number of nitrogens with one attached hydrogen (secondary N) is 1. The van der Waals surface area contributed by atoms with Crippen LogP contribution in [0.2, 0.25) is 10.0 Å². The quantitative estimate of drug-likeness (QED) is 0.839. The molecule has 0 saturated heterocycles. The molecular formula is C15H14Cl2FN. The van der Waals surface area contributed by atoms with Crippen molar-refractivity contribution in [1.82, 2.24) is 5.32 Å². The van der Waals surface area contributed by atoms with Crippen molar-refractivity contribution in [2.45, 2.75) is 19.5 Å². The Morgan fingerprint density at radius 3 is 2.63 bits per heavy atom. The van der Waals surface area contributed by atoms with Crippen molar-refractivity contribution in [1.29, 1.82) is 0 Å². The Morgan fingerprint density at radius 1 is 1.16 bits per heavy atom. The molecule has 0 heterocycles. The molecule has 0 aliphatic rings. The molecule has 0 aliphatic carbocycles. The van der Waals surface area contributed by atoms with Crippen molar-refractivity contribution < 1.29 is 4.39 Å². The average molecular weight is 298 g/mol. The number of rotatable bonds is 4. The first kappa shape index (κ1) is 14.3. The molecule has 0 amide bonds. The molecule has 2 aromatic rings. The van der Waals surface area contributed by atoms with Crippen LogP contribution in [0.3, 0.4) is 0 Å². The summed E-state index contributed by atoms with van der Waals surface area (Å²) in [5.41, 5.74) is 2.06. The van der Waals surface area contributed by atoms with Crippen LogP contribution in [0, 0.1) is 5.82 Å². The van der Waals surface area contributed by atoms with E-state index in [0.717, 1.165) is 16.1 Å². The zero-order chi connectivity index (χ0) is 13.8. The van der Waals surface area contributed by atoms with E-state index in [2.05, 4.69) is 5.32 Å². The molecule has 0 aromatic heterocycles. The van der Waals surface area contributed by atoms with E-state index in [1.165, 1.54) is 6.07 Å². The molecule has 1 atom stereocenters. The predicted octanol–water partition coefficient (Wildman–Crippen LogP) is 4.98. The van der Waals surface area contributed by atoms with E-state index in [-0.39, 0.29) is 11.1 Å². The van der Waals surface area contributed by atoms with Crippen molar-refractivity contribution in [2.75, 3.05) is 0 Å². The van der Waals surface area contributed by atoms with E-state index < -0.39 is 5.82 Å². The Balaban J connectivity index is 2.01. The molecule has 0 fully saturated rings. The first-order valence-electron chi connectivity index (χ1n) is 5.99. The van der Waals surface area contributed by atoms with Crippen LogP contribution in [0.5, 0.6) is 0 Å². The number of hydrogen-bond donors (Lipinski definition) is 1. The fraction of sp³-hybridized carbons (Fsp3) is 0.200. The third kappa shape index (κ3) is 3.93. The summed E-state index contributed by atoms with van der Waals surface area (Å²) in [5.74, 6) is -0.396. The van der Waals surface area contributed by atoms with Crippen LogP contribution in [-0.4, -0.2) is 0 Å². The number of hydrogen-bond acceptors (Lipinski definition) is 1. The van der Waals surface area contributed by atoms with Gasteiger partial charge in [0.05, 0.1) is 5.02 Å². The monoisotopic (exact) mass is 297 g/mol. The van der Waals surface area contributed by atoms with E-state index in [9.17, 15) is 4.39 Å². The van der Waals surface area contributed by atoms with Crippen molar-refractivity contribution in [3.05, 3.63) is 69.5 Å². The first-order chi connectivity index (χ1) is 9.06. The van der Waals surface area contributed by atoms with Gasteiger partial charge in [0.1, 0.15) is 5.82 Å². The molecule has 0 aliphatic heterocycles. The molecule has 0 spiro atoms. The second-order valence-corrected chi connectivity index (χ2v) is 5.25. The molecule has 0 bridgehead atoms. The lowest BCUT2D eigenvalue weighted by Crippen LogP contribution is -2.18. The fourth-order valence-electron chi connectivity index (χ4n) is 1.82. The summed E-state index contributed by atoms with van der Waals surface area (Å²) in [5, 5.41) is 4.22. The molecule has 19 heavy (non-hydrogen) atoms. The molecule has 1 N–H and O–H groups in total. The summed E-state index contributed by atoms with van der Waals surface area (Å²) >= 11 is 11.7. The number of halogens is 3. The highest BCUT2D eigenvalue weighted by Crippen LogP contribution is 2.21. The van der Waals surface area contributed by atoms with Crippen LogP contribution in [-0.2, 0) is 6.54 Å². The standard InChI is InChI=1S/C15H14Cl2FN/c1-10(12-5-6-15(18)14(17)8-12)19-9-11-3-2-4-13(16)7-11/h2-8,10,19H,9H2,1H3. The van der Waals surface area contributed by atoms with Gasteiger partial charge in [0.15, 0.2) is 0 Å². The normalized spacial score (nSPS) is 12.4. The van der Waals surface area contributed by atoms with Gasteiger partial charge in [-0.1, -0.05) is 41.4 Å². The predicted molar refractivity (Wildman–Crippen MR) is 78.1 cm³/mol. The van der Waals surface area contributed by atoms with Crippen molar-refractivity contribution >= 4 is 23.2 Å². The lowest BCUT2D eigenvalue weighted by Gasteiger charge is -2.15. The maximum atomic E-state index is 13.1. The van der Waals surface area contributed by atoms with Crippen LogP contribution < -0.4 is 5.32 Å². The highest BCUT2D eigenvalue weighted by Gasteiger charge is 2.08. The van der Waals surface area contributed by atoms with Gasteiger partial charge in [0, 0.05) is 17.6 Å². The summed E-state index contributed by atoms with van der Waals surface area (Å²) in [6.07, 6.45) is 0. The van der Waals surface area contributed by atoms with E-state index >= 15 is 0 Å². The molecule has 0 saturated carbocycles. The van der Waals surface area contributed by atoms with Gasteiger partial charge in [-0.2, -0.15) is 0 Å². The maximum absolute atomic E-state index is 13.1. The SMILES string of the molecule is CC(NCc1cccc(Cl)c1)c1ccc(F)c(Cl)c1. The second-order valence-electron chi connectivity index (χ2n) is 4.41. The summed E-state index contributed by atoms with van der Waals surface area (Å²) in [7, 11) is 0. The minimum absolute atomic E-state index is 0.0806. The minimum atomic E-state index is -0.396. The molecule has 100 valence electrons. The van der Waals surface area contributed by atoms with Crippen LogP contribution in [0.15, 0.2) is 42.5 Å². The lowest BCUT2D eigenvalue weighted by atomic mass is 10.1. The molecule has 4 heteroatoms. The van der Waals surface area contributed by atoms with Crippen LogP contribution in [0.1, 0.15) is 24.1 Å². The van der Waals surface area contributed by atoms with E-state index in [0.29, 0.717) is 6.54 Å². The summed E-state index contributed by atoms with van der Waals surface area (Å²) in [6, 6.07) is 12.5. The van der Waals surface area contributed by atoms with Gasteiger partial charge < -0.3 is 5.32 Å². The van der Waals surface area contributed by atoms with Gasteiger partial charge in [-0.25, -0.2) is 4.39 Å². The summed E-state index contributed by atoms with van der Waals surface area (Å²) in [6.45, 7) is 2.70. The molecule has 2 rings (SSSR count). The molecule has 1 unspecified atom stereocenters. The Bertz CT molecular complexity index is 572. The maximum Gasteiger partial charge on any atom is 0.141 e. The Labute approximate surface area is 122 Å². The van der Waals surface area contributed by atoms with Gasteiger partial charge in [-0.05, 0) is 42.3 Å². The van der Waals surface area contributed by atoms with E-state index in [1.807, 2.05) is 31.2 Å². The van der Waals surface area contributed by atoms with Crippen LogP contribution >= 0.6 is 23.2 Å². The van der Waals surface area contributed by atoms with Crippen LogP contribution in [0.25, 0.3) is 0 Å². The lowest BCUT2D eigenvalue weighted by molar-refractivity contribution is 0.571. The van der Waals surface area contributed by atoms with Crippen LogP contribution in [0.4, 0.5) is 4.39 Å². The van der Waals surface area contributed by atoms with Gasteiger partial charge >= 0.3 is 0 Å². The largest absolute Gasteiger partial charge is 0.306 e. The van der Waals surface area contributed by atoms with Crippen molar-refractivity contribution in [3.63, 3.8) is 0 Å². The van der Waals surface area contributed by atoms with Gasteiger partial charge in [0.25, 0.3) is 0 Å². The van der Waals surface area contributed by atoms with Gasteiger partial charge in [-0.3, -0.25) is 0 Å². The van der Waals surface area contributed by atoms with E-state index in [4.69, 9.17) is 23.2 Å². The van der Waals surface area contributed by atoms with Gasteiger partial charge in [0.2, 0.25) is 0 Å². The average Bonchev–Trinajstić information content (AvgIpc) is 2.39. The first-order valence-corrected chi connectivity index (χ1v) is 6.74. The van der Waals surface area contributed by atoms with Crippen molar-refractivity contribution in [3.8, 4) is 0 Å². The number of benzene rings is 2. The molecule has 0 radical (unpaired) electrons. The zero-order valence-electron chi connectivity index (χ0n) is 10.5. The Morgan fingerprint density at radius 2 is 1.95 bits per heavy atom. The Hall–Kier alpha value is -1.09. The minimum Gasteiger partial charge on any atom is -0.306 e. The molecule has 2 aromatic carbocycles. The van der Waals surface area contributed by atoms with E-state index in [1.54, 1.807) is 12.1 Å². The topological polar surface area (TPSA) is 12.0 Å². The third-order valence-corrected chi connectivity index (χ3v) is 3.47. The fourth-order valence-corrected chi connectivity index (χ4v) is 2.22. The molecular weight excluding hydrogens is 284 g/mol. The molecule has 1 nitrogen and oxygen atoms in total. The zero-order valence-corrected chi connectivity index (χ0v) is 12.0. The highest BCUT2D eigenvalue weighted by molar-refractivity contribution is 6.31. The Kier molecular flexibility index (Phi) is 4.81. The van der Waals surface area contributed by atoms with Gasteiger partial charge in [-0.15, -0.1) is 0 Å². The highest BCUT2D eigenvalue weighted by atomic mass is 35.5. The summed E-state index contributed by atoms with van der Waals surface area (Å²) < 4.78 is 13.1. The third-order valence-electron chi connectivity index (χ3n) is 2.95. The second kappa shape index (κ2) is 6.38. The van der Waals surface area contributed by atoms with Crippen molar-refractivity contribution in [2.24, 2.45) is 0 Å².